The van der Waals surface area contributed by atoms with Gasteiger partial charge in [-0.05, 0) is 25.1 Å². The summed E-state index contributed by atoms with van der Waals surface area (Å²) in [6.07, 6.45) is 0. The second-order valence-electron chi connectivity index (χ2n) is 7.46. The lowest BCUT2D eigenvalue weighted by atomic mass is 10.2. The molecule has 0 N–H and O–H groups in total. The van der Waals surface area contributed by atoms with E-state index >= 15 is 0 Å². The van der Waals surface area contributed by atoms with Crippen LogP contribution in [0.2, 0.25) is 0 Å². The van der Waals surface area contributed by atoms with Gasteiger partial charge in [-0.2, -0.15) is 4.31 Å². The van der Waals surface area contributed by atoms with Gasteiger partial charge in [0.2, 0.25) is 15.9 Å². The number of sulfonamides is 1. The number of benzene rings is 2. The first-order valence-corrected chi connectivity index (χ1v) is 11.2. The van der Waals surface area contributed by atoms with Crippen molar-refractivity contribution < 1.29 is 22.6 Å². The van der Waals surface area contributed by atoms with Crippen LogP contribution in [-0.2, 0) is 21.4 Å². The summed E-state index contributed by atoms with van der Waals surface area (Å²) in [5.41, 5.74) is 1.02. The lowest BCUT2D eigenvalue weighted by Crippen LogP contribution is -2.51. The van der Waals surface area contributed by atoms with Gasteiger partial charge in [0.05, 0.1) is 21.4 Å². The molecule has 0 spiro atoms. The number of piperazine rings is 1. The SMILES string of the molecule is Cc1ccc(S(=O)(=O)N2CCN(C(=O)Cn3c(=O)oc4cc([N+](=O)[O-])ccc43)CC2)cc1. The van der Waals surface area contributed by atoms with E-state index < -0.39 is 20.7 Å². The Hall–Kier alpha value is -3.51. The minimum Gasteiger partial charge on any atom is -0.407 e. The van der Waals surface area contributed by atoms with Gasteiger partial charge in [0, 0.05) is 32.2 Å². The number of hydrogen-bond acceptors (Lipinski definition) is 7. The third-order valence-electron chi connectivity index (χ3n) is 5.41. The predicted octanol–water partition coefficient (Wildman–Crippen LogP) is 1.34. The highest BCUT2D eigenvalue weighted by Crippen LogP contribution is 2.21. The average molecular weight is 460 g/mol. The molecular formula is C20H20N4O7S. The molecule has 0 radical (unpaired) electrons. The topological polar surface area (TPSA) is 136 Å². The number of rotatable bonds is 5. The van der Waals surface area contributed by atoms with Crippen molar-refractivity contribution in [2.24, 2.45) is 0 Å². The minimum absolute atomic E-state index is 0.0195. The summed E-state index contributed by atoms with van der Waals surface area (Å²) >= 11 is 0. The van der Waals surface area contributed by atoms with Crippen molar-refractivity contribution in [1.82, 2.24) is 13.8 Å². The lowest BCUT2D eigenvalue weighted by Gasteiger charge is -2.34. The molecule has 0 bridgehead atoms. The summed E-state index contributed by atoms with van der Waals surface area (Å²) in [5.74, 6) is -1.17. The Morgan fingerprint density at radius 3 is 2.38 bits per heavy atom. The molecular weight excluding hydrogens is 440 g/mol. The van der Waals surface area contributed by atoms with Crippen LogP contribution in [0.1, 0.15) is 5.56 Å². The fourth-order valence-corrected chi connectivity index (χ4v) is 5.01. The summed E-state index contributed by atoms with van der Waals surface area (Å²) in [6, 6.07) is 10.3. The smallest absolute Gasteiger partial charge is 0.407 e. The van der Waals surface area contributed by atoms with E-state index in [-0.39, 0.29) is 60.3 Å². The van der Waals surface area contributed by atoms with Crippen molar-refractivity contribution in [1.29, 1.82) is 0 Å². The van der Waals surface area contributed by atoms with Crippen molar-refractivity contribution >= 4 is 32.7 Å². The number of nitro benzene ring substituents is 1. The average Bonchev–Trinajstić information content (AvgIpc) is 3.08. The number of aryl methyl sites for hydroxylation is 1. The number of amides is 1. The quantitative estimate of drug-likeness (QED) is 0.414. The molecule has 3 aromatic rings. The monoisotopic (exact) mass is 460 g/mol. The van der Waals surface area contributed by atoms with Gasteiger partial charge in [0.25, 0.3) is 5.69 Å². The van der Waals surface area contributed by atoms with Crippen LogP contribution < -0.4 is 5.76 Å². The zero-order valence-corrected chi connectivity index (χ0v) is 17.9. The number of fused-ring (bicyclic) bond motifs is 1. The molecule has 0 aliphatic carbocycles. The third-order valence-corrected chi connectivity index (χ3v) is 7.32. The number of carbonyl (C=O) groups is 1. The van der Waals surface area contributed by atoms with Crippen LogP contribution in [-0.4, -0.2) is 59.2 Å². The van der Waals surface area contributed by atoms with Crippen LogP contribution >= 0.6 is 0 Å². The highest BCUT2D eigenvalue weighted by Gasteiger charge is 2.30. The van der Waals surface area contributed by atoms with Gasteiger partial charge in [0.1, 0.15) is 6.54 Å². The maximum atomic E-state index is 12.8. The normalized spacial score (nSPS) is 15.2. The zero-order chi connectivity index (χ0) is 23.0. The second-order valence-corrected chi connectivity index (χ2v) is 9.40. The zero-order valence-electron chi connectivity index (χ0n) is 17.1. The maximum Gasteiger partial charge on any atom is 0.420 e. The predicted molar refractivity (Wildman–Crippen MR) is 114 cm³/mol. The van der Waals surface area contributed by atoms with Crippen LogP contribution in [0.3, 0.4) is 0 Å². The number of oxazole rings is 1. The second kappa shape index (κ2) is 8.20. The molecule has 0 unspecified atom stereocenters. The first-order valence-electron chi connectivity index (χ1n) is 9.79. The molecule has 0 atom stereocenters. The Morgan fingerprint density at radius 2 is 1.75 bits per heavy atom. The van der Waals surface area contributed by atoms with Crippen molar-refractivity contribution in [2.75, 3.05) is 26.2 Å². The van der Waals surface area contributed by atoms with Gasteiger partial charge in [-0.3, -0.25) is 19.5 Å². The van der Waals surface area contributed by atoms with Gasteiger partial charge in [-0.1, -0.05) is 17.7 Å². The number of hydrogen-bond donors (Lipinski definition) is 0. The first-order chi connectivity index (χ1) is 15.2. The van der Waals surface area contributed by atoms with Gasteiger partial charge in [-0.25, -0.2) is 13.2 Å². The number of nitrogens with zero attached hydrogens (tertiary/aromatic N) is 4. The summed E-state index contributed by atoms with van der Waals surface area (Å²) in [4.78, 5) is 36.9. The van der Waals surface area contributed by atoms with E-state index in [2.05, 4.69) is 0 Å². The maximum absolute atomic E-state index is 12.8. The molecule has 1 fully saturated rings. The summed E-state index contributed by atoms with van der Waals surface area (Å²) in [5, 5.41) is 10.9. The van der Waals surface area contributed by atoms with Crippen LogP contribution in [0.15, 0.2) is 56.6 Å². The summed E-state index contributed by atoms with van der Waals surface area (Å²) in [6.45, 7) is 2.19. The van der Waals surface area contributed by atoms with Crippen LogP contribution in [0.25, 0.3) is 11.1 Å². The van der Waals surface area contributed by atoms with Crippen molar-refractivity contribution in [3.8, 4) is 0 Å². The lowest BCUT2D eigenvalue weighted by molar-refractivity contribution is -0.384. The van der Waals surface area contributed by atoms with E-state index in [9.17, 15) is 28.1 Å². The van der Waals surface area contributed by atoms with Crippen molar-refractivity contribution in [2.45, 2.75) is 18.4 Å². The molecule has 2 heterocycles. The molecule has 168 valence electrons. The number of carbonyl (C=O) groups excluding carboxylic acids is 1. The molecule has 2 aromatic carbocycles. The Kier molecular flexibility index (Phi) is 5.57. The summed E-state index contributed by atoms with van der Waals surface area (Å²) < 4.78 is 33.1. The van der Waals surface area contributed by atoms with E-state index in [1.807, 2.05) is 6.92 Å². The van der Waals surface area contributed by atoms with E-state index in [1.165, 1.54) is 21.3 Å². The van der Waals surface area contributed by atoms with Crippen molar-refractivity contribution in [3.05, 3.63) is 68.7 Å². The van der Waals surface area contributed by atoms with Crippen molar-refractivity contribution in [3.63, 3.8) is 0 Å². The Bertz CT molecular complexity index is 1350. The largest absolute Gasteiger partial charge is 0.420 e. The Balaban J connectivity index is 1.45. The molecule has 11 nitrogen and oxygen atoms in total. The molecule has 1 aliphatic rings. The Labute approximate surface area is 182 Å². The standard InChI is InChI=1S/C20H20N4O7S/c1-14-2-5-16(6-3-14)32(29,30)22-10-8-21(9-11-22)19(25)13-23-17-7-4-15(24(27)28)12-18(17)31-20(23)26/h2-7,12H,8-11,13H2,1H3. The number of nitro groups is 1. The van der Waals surface area contributed by atoms with E-state index in [1.54, 1.807) is 24.3 Å². The van der Waals surface area contributed by atoms with Gasteiger partial charge >= 0.3 is 5.76 Å². The molecule has 12 heteroatoms. The number of aromatic nitrogens is 1. The highest BCUT2D eigenvalue weighted by atomic mass is 32.2. The molecule has 0 saturated carbocycles. The fraction of sp³-hybridized carbons (Fsp3) is 0.300. The van der Waals surface area contributed by atoms with Crippen LogP contribution in [0, 0.1) is 17.0 Å². The highest BCUT2D eigenvalue weighted by molar-refractivity contribution is 7.89. The van der Waals surface area contributed by atoms with Gasteiger partial charge in [-0.15, -0.1) is 0 Å². The molecule has 1 aliphatic heterocycles. The van der Waals surface area contributed by atoms with E-state index in [0.29, 0.717) is 0 Å². The first kappa shape index (κ1) is 21.7. The van der Waals surface area contributed by atoms with Crippen LogP contribution in [0.4, 0.5) is 5.69 Å². The molecule has 1 amide bonds. The molecule has 4 rings (SSSR count). The summed E-state index contributed by atoms with van der Waals surface area (Å²) in [7, 11) is -3.65. The third kappa shape index (κ3) is 4.01. The van der Waals surface area contributed by atoms with Gasteiger partial charge < -0.3 is 9.32 Å². The van der Waals surface area contributed by atoms with E-state index in [0.717, 1.165) is 16.2 Å². The molecule has 1 aromatic heterocycles. The molecule has 32 heavy (non-hydrogen) atoms. The van der Waals surface area contributed by atoms with E-state index in [4.69, 9.17) is 4.42 Å². The minimum atomic E-state index is -3.65. The van der Waals surface area contributed by atoms with Gasteiger partial charge in [0.15, 0.2) is 5.58 Å². The Morgan fingerprint density at radius 1 is 1.09 bits per heavy atom. The van der Waals surface area contributed by atoms with Crippen LogP contribution in [0.5, 0.6) is 0 Å². The molecule has 1 saturated heterocycles. The fourth-order valence-electron chi connectivity index (χ4n) is 3.59. The number of non-ortho nitro benzene ring substituents is 1.